The molecule has 0 saturated heterocycles. The molecule has 174 valence electrons. The molecule has 0 aromatic heterocycles. The number of benzene rings is 2. The number of halogens is 4. The summed E-state index contributed by atoms with van der Waals surface area (Å²) >= 11 is 19.4. The zero-order valence-electron chi connectivity index (χ0n) is 18.1. The van der Waals surface area contributed by atoms with Crippen molar-refractivity contribution in [1.29, 1.82) is 0 Å². The first-order valence-electron chi connectivity index (χ1n) is 10.2. The molecule has 0 bridgehead atoms. The highest BCUT2D eigenvalue weighted by atomic mass is 35.5. The van der Waals surface area contributed by atoms with E-state index in [2.05, 4.69) is 5.32 Å². The maximum atomic E-state index is 14.0. The Morgan fingerprint density at radius 3 is 2.44 bits per heavy atom. The van der Waals surface area contributed by atoms with Crippen molar-refractivity contribution in [2.45, 2.75) is 51.6 Å². The van der Waals surface area contributed by atoms with Crippen LogP contribution in [0.25, 0.3) is 0 Å². The van der Waals surface area contributed by atoms with Crippen LogP contribution < -0.4 is 5.32 Å². The Kier molecular flexibility index (Phi) is 10.6. The number of hydrogen-bond donors (Lipinski definition) is 1. The van der Waals surface area contributed by atoms with Crippen molar-refractivity contribution < 1.29 is 14.0 Å². The normalized spacial score (nSPS) is 12.8. The monoisotopic (exact) mass is 518 g/mol. The lowest BCUT2D eigenvalue weighted by Gasteiger charge is -2.29. The summed E-state index contributed by atoms with van der Waals surface area (Å²) in [7, 11) is 0. The Hall–Kier alpha value is -1.47. The van der Waals surface area contributed by atoms with E-state index in [-0.39, 0.29) is 35.9 Å². The van der Waals surface area contributed by atoms with E-state index in [9.17, 15) is 14.0 Å². The van der Waals surface area contributed by atoms with Gasteiger partial charge in [-0.2, -0.15) is 0 Å². The second kappa shape index (κ2) is 12.7. The number of amides is 2. The first-order chi connectivity index (χ1) is 15.1. The molecule has 2 amide bonds. The van der Waals surface area contributed by atoms with Crippen LogP contribution in [0.5, 0.6) is 0 Å². The van der Waals surface area contributed by atoms with Crippen LogP contribution in [0.1, 0.15) is 38.3 Å². The van der Waals surface area contributed by atoms with Crippen LogP contribution in [-0.2, 0) is 21.9 Å². The molecule has 2 aromatic rings. The van der Waals surface area contributed by atoms with Crippen molar-refractivity contribution in [3.63, 3.8) is 0 Å². The quantitative estimate of drug-likeness (QED) is 0.398. The summed E-state index contributed by atoms with van der Waals surface area (Å²) in [4.78, 5) is 27.3. The van der Waals surface area contributed by atoms with Gasteiger partial charge in [0.25, 0.3) is 0 Å². The standard InChI is InChI=1S/C23H26Cl3FN2O2S/c1-4-14(2)28-23(31)15(3)29(11-16-8-9-19(25)20(26)10-16)22(30)13-32-12-17-18(24)6-5-7-21(17)27/h5-10,14-15H,4,11-13H2,1-3H3,(H,28,31). The topological polar surface area (TPSA) is 49.4 Å². The molecule has 0 saturated carbocycles. The van der Waals surface area contributed by atoms with Gasteiger partial charge in [-0.05, 0) is 50.1 Å². The molecule has 32 heavy (non-hydrogen) atoms. The van der Waals surface area contributed by atoms with E-state index in [1.807, 2.05) is 13.8 Å². The number of hydrogen-bond acceptors (Lipinski definition) is 3. The van der Waals surface area contributed by atoms with Crippen LogP contribution in [0, 0.1) is 5.82 Å². The minimum atomic E-state index is -0.705. The van der Waals surface area contributed by atoms with Gasteiger partial charge in [-0.1, -0.05) is 53.9 Å². The predicted octanol–water partition coefficient (Wildman–Crippen LogP) is 6.35. The molecule has 0 spiro atoms. The molecule has 2 atom stereocenters. The molecule has 2 unspecified atom stereocenters. The molecule has 0 heterocycles. The van der Waals surface area contributed by atoms with Gasteiger partial charge < -0.3 is 10.2 Å². The van der Waals surface area contributed by atoms with E-state index < -0.39 is 11.9 Å². The SMILES string of the molecule is CCC(C)NC(=O)C(C)N(Cc1ccc(Cl)c(Cl)c1)C(=O)CSCc1c(F)cccc1Cl. The largest absolute Gasteiger partial charge is 0.352 e. The summed E-state index contributed by atoms with van der Waals surface area (Å²) in [6.45, 7) is 5.75. The molecule has 4 nitrogen and oxygen atoms in total. The maximum Gasteiger partial charge on any atom is 0.242 e. The Balaban J connectivity index is 2.15. The predicted molar refractivity (Wildman–Crippen MR) is 132 cm³/mol. The van der Waals surface area contributed by atoms with Crippen LogP contribution in [0.2, 0.25) is 15.1 Å². The summed E-state index contributed by atoms with van der Waals surface area (Å²) in [5.41, 5.74) is 1.10. The fourth-order valence-electron chi connectivity index (χ4n) is 2.88. The highest BCUT2D eigenvalue weighted by molar-refractivity contribution is 7.99. The molecule has 2 aromatic carbocycles. The van der Waals surface area contributed by atoms with Crippen LogP contribution in [0.15, 0.2) is 36.4 Å². The molecule has 0 aliphatic carbocycles. The van der Waals surface area contributed by atoms with Crippen LogP contribution in [-0.4, -0.2) is 34.6 Å². The third kappa shape index (κ3) is 7.55. The van der Waals surface area contributed by atoms with Gasteiger partial charge in [0.2, 0.25) is 11.8 Å². The van der Waals surface area contributed by atoms with Crippen molar-refractivity contribution in [2.75, 3.05) is 5.75 Å². The van der Waals surface area contributed by atoms with E-state index in [0.29, 0.717) is 20.6 Å². The second-order valence-corrected chi connectivity index (χ2v) is 9.66. The Morgan fingerprint density at radius 2 is 1.81 bits per heavy atom. The van der Waals surface area contributed by atoms with Gasteiger partial charge in [0.1, 0.15) is 11.9 Å². The number of rotatable bonds is 10. The highest BCUT2D eigenvalue weighted by Crippen LogP contribution is 2.26. The van der Waals surface area contributed by atoms with Gasteiger partial charge in [0.15, 0.2) is 0 Å². The molecule has 0 aliphatic heterocycles. The molecule has 0 fully saturated rings. The van der Waals surface area contributed by atoms with E-state index in [4.69, 9.17) is 34.8 Å². The Morgan fingerprint density at radius 1 is 1.09 bits per heavy atom. The summed E-state index contributed by atoms with van der Waals surface area (Å²) in [6, 6.07) is 8.86. The number of carbonyl (C=O) groups excluding carboxylic acids is 2. The van der Waals surface area contributed by atoms with Gasteiger partial charge in [-0.25, -0.2) is 4.39 Å². The van der Waals surface area contributed by atoms with Crippen molar-refractivity contribution >= 4 is 58.4 Å². The molecule has 1 N–H and O–H groups in total. The molecule has 0 radical (unpaired) electrons. The summed E-state index contributed by atoms with van der Waals surface area (Å²) < 4.78 is 14.0. The highest BCUT2D eigenvalue weighted by Gasteiger charge is 2.27. The van der Waals surface area contributed by atoms with Gasteiger partial charge in [-0.3, -0.25) is 9.59 Å². The smallest absolute Gasteiger partial charge is 0.242 e. The molecule has 2 rings (SSSR count). The minimum absolute atomic E-state index is 0.00977. The van der Waals surface area contributed by atoms with Crippen LogP contribution in [0.3, 0.4) is 0 Å². The van der Waals surface area contributed by atoms with Gasteiger partial charge in [-0.15, -0.1) is 11.8 Å². The summed E-state index contributed by atoms with van der Waals surface area (Å²) in [6.07, 6.45) is 0.776. The fraction of sp³-hybridized carbons (Fsp3) is 0.391. The number of nitrogens with one attached hydrogen (secondary N) is 1. The summed E-state index contributed by atoms with van der Waals surface area (Å²) in [5.74, 6) is -0.597. The molecular weight excluding hydrogens is 494 g/mol. The Labute approximate surface area is 207 Å². The Bertz CT molecular complexity index is 941. The number of thioether (sulfide) groups is 1. The number of nitrogens with zero attached hydrogens (tertiary/aromatic N) is 1. The third-order valence-electron chi connectivity index (χ3n) is 5.04. The average molecular weight is 520 g/mol. The third-order valence-corrected chi connectivity index (χ3v) is 7.08. The lowest BCUT2D eigenvalue weighted by Crippen LogP contribution is -2.50. The fourth-order valence-corrected chi connectivity index (χ4v) is 4.45. The zero-order valence-corrected chi connectivity index (χ0v) is 21.2. The minimum Gasteiger partial charge on any atom is -0.352 e. The second-order valence-electron chi connectivity index (χ2n) is 7.46. The summed E-state index contributed by atoms with van der Waals surface area (Å²) in [5, 5.41) is 4.01. The van der Waals surface area contributed by atoms with E-state index in [1.54, 1.807) is 31.2 Å². The first-order valence-corrected chi connectivity index (χ1v) is 12.5. The average Bonchev–Trinajstić information content (AvgIpc) is 2.75. The van der Waals surface area contributed by atoms with Gasteiger partial charge in [0.05, 0.1) is 15.8 Å². The van der Waals surface area contributed by atoms with E-state index in [0.717, 1.165) is 12.0 Å². The van der Waals surface area contributed by atoms with Crippen molar-refractivity contribution in [1.82, 2.24) is 10.2 Å². The van der Waals surface area contributed by atoms with Crippen molar-refractivity contribution in [3.8, 4) is 0 Å². The first kappa shape index (κ1) is 26.8. The van der Waals surface area contributed by atoms with Crippen molar-refractivity contribution in [3.05, 3.63) is 68.4 Å². The maximum absolute atomic E-state index is 14.0. The number of carbonyl (C=O) groups is 2. The van der Waals surface area contributed by atoms with Gasteiger partial charge in [0, 0.05) is 28.9 Å². The van der Waals surface area contributed by atoms with Gasteiger partial charge >= 0.3 is 0 Å². The van der Waals surface area contributed by atoms with Crippen LogP contribution >= 0.6 is 46.6 Å². The van der Waals surface area contributed by atoms with Crippen molar-refractivity contribution in [2.24, 2.45) is 0 Å². The van der Waals surface area contributed by atoms with E-state index >= 15 is 0 Å². The molecule has 0 aliphatic rings. The molecular formula is C23H26Cl3FN2O2S. The lowest BCUT2D eigenvalue weighted by atomic mass is 10.1. The molecule has 9 heteroatoms. The zero-order chi connectivity index (χ0) is 23.8. The van der Waals surface area contributed by atoms with Crippen LogP contribution in [0.4, 0.5) is 4.39 Å². The lowest BCUT2D eigenvalue weighted by molar-refractivity contribution is -0.138. The van der Waals surface area contributed by atoms with E-state index in [1.165, 1.54) is 28.8 Å².